The molecule has 1 amide bonds. The zero-order valence-corrected chi connectivity index (χ0v) is 15.2. The monoisotopic (exact) mass is 350 g/mol. The number of aromatic nitrogens is 1. The number of benzene rings is 2. The third kappa shape index (κ3) is 2.65. The van der Waals surface area contributed by atoms with Gasteiger partial charge in [0.15, 0.2) is 11.5 Å². The Labute approximate surface area is 150 Å². The van der Waals surface area contributed by atoms with E-state index in [0.717, 1.165) is 32.8 Å². The Kier molecular flexibility index (Phi) is 3.88. The zero-order valence-electron chi connectivity index (χ0n) is 14.4. The van der Waals surface area contributed by atoms with Crippen molar-refractivity contribution in [2.75, 3.05) is 11.9 Å². The molecule has 1 aromatic heterocycles. The van der Waals surface area contributed by atoms with Gasteiger partial charge < -0.3 is 9.42 Å². The van der Waals surface area contributed by atoms with Crippen LogP contribution in [0.1, 0.15) is 27.2 Å². The molecule has 4 rings (SSSR count). The number of rotatable bonds is 2. The molecule has 0 saturated carbocycles. The highest BCUT2D eigenvalue weighted by atomic mass is 32.2. The fourth-order valence-corrected chi connectivity index (χ4v) is 4.16. The molecule has 0 aliphatic carbocycles. The topological polar surface area (TPSA) is 46.3 Å². The lowest BCUT2D eigenvalue weighted by atomic mass is 10.1. The van der Waals surface area contributed by atoms with Crippen LogP contribution in [0.2, 0.25) is 0 Å². The molecule has 3 aromatic rings. The molecule has 5 heteroatoms. The number of thioether (sulfide) groups is 1. The molecular formula is C20H18N2O2S. The Hall–Kier alpha value is -2.53. The Balaban J connectivity index is 1.73. The Morgan fingerprint density at radius 2 is 2.00 bits per heavy atom. The maximum Gasteiger partial charge on any atom is 0.280 e. The van der Waals surface area contributed by atoms with Crippen molar-refractivity contribution >= 4 is 23.4 Å². The first kappa shape index (κ1) is 16.0. The molecule has 4 nitrogen and oxygen atoms in total. The summed E-state index contributed by atoms with van der Waals surface area (Å²) in [5, 5.41) is 4.12. The first-order valence-corrected chi connectivity index (χ1v) is 9.11. The largest absolute Gasteiger partial charge is 0.355 e. The van der Waals surface area contributed by atoms with E-state index in [1.165, 1.54) is 0 Å². The van der Waals surface area contributed by atoms with E-state index < -0.39 is 0 Å². The van der Waals surface area contributed by atoms with E-state index in [4.69, 9.17) is 4.52 Å². The van der Waals surface area contributed by atoms with Crippen LogP contribution < -0.4 is 4.90 Å². The van der Waals surface area contributed by atoms with Crippen molar-refractivity contribution in [1.82, 2.24) is 5.16 Å². The Morgan fingerprint density at radius 1 is 1.20 bits per heavy atom. The van der Waals surface area contributed by atoms with Crippen LogP contribution >= 0.6 is 11.8 Å². The van der Waals surface area contributed by atoms with Crippen LogP contribution in [0.25, 0.3) is 11.3 Å². The predicted molar refractivity (Wildman–Crippen MR) is 100 cm³/mol. The first-order valence-electron chi connectivity index (χ1n) is 8.12. The van der Waals surface area contributed by atoms with Crippen LogP contribution in [0, 0.1) is 13.8 Å². The van der Waals surface area contributed by atoms with Crippen molar-refractivity contribution in [1.29, 1.82) is 0 Å². The van der Waals surface area contributed by atoms with E-state index in [-0.39, 0.29) is 5.91 Å². The van der Waals surface area contributed by atoms with Crippen molar-refractivity contribution < 1.29 is 9.32 Å². The first-order chi connectivity index (χ1) is 12.1. The van der Waals surface area contributed by atoms with Gasteiger partial charge in [0, 0.05) is 34.5 Å². The number of amides is 1. The van der Waals surface area contributed by atoms with Gasteiger partial charge in [-0.2, -0.15) is 0 Å². The summed E-state index contributed by atoms with van der Waals surface area (Å²) in [6.07, 6.45) is 0. The normalized spacial score (nSPS) is 12.4. The molecule has 0 spiro atoms. The van der Waals surface area contributed by atoms with Crippen molar-refractivity contribution in [3.63, 3.8) is 0 Å². The van der Waals surface area contributed by atoms with Crippen LogP contribution in [-0.2, 0) is 5.75 Å². The number of hydrogen-bond acceptors (Lipinski definition) is 4. The molecule has 0 atom stereocenters. The maximum atomic E-state index is 13.0. The van der Waals surface area contributed by atoms with Crippen molar-refractivity contribution in [3.05, 3.63) is 64.8 Å². The van der Waals surface area contributed by atoms with Gasteiger partial charge in [-0.1, -0.05) is 29.4 Å². The van der Waals surface area contributed by atoms with E-state index in [9.17, 15) is 4.79 Å². The molecular weight excluding hydrogens is 332 g/mol. The molecule has 0 saturated heterocycles. The molecule has 0 bridgehead atoms. The average Bonchev–Trinajstić information content (AvgIpc) is 3.07. The highest BCUT2D eigenvalue weighted by Crippen LogP contribution is 2.42. The quantitative estimate of drug-likeness (QED) is 0.663. The van der Waals surface area contributed by atoms with Crippen molar-refractivity contribution in [2.24, 2.45) is 0 Å². The Bertz CT molecular complexity index is 978. The summed E-state index contributed by atoms with van der Waals surface area (Å²) >= 11 is 1.71. The van der Waals surface area contributed by atoms with E-state index >= 15 is 0 Å². The minimum absolute atomic E-state index is 0.140. The number of aryl methyl sites for hydroxylation is 2. The predicted octanol–water partition coefficient (Wildman–Crippen LogP) is 4.84. The van der Waals surface area contributed by atoms with Gasteiger partial charge in [-0.15, -0.1) is 11.8 Å². The molecule has 126 valence electrons. The summed E-state index contributed by atoms with van der Waals surface area (Å²) in [7, 11) is 1.79. The van der Waals surface area contributed by atoms with E-state index in [2.05, 4.69) is 11.2 Å². The Morgan fingerprint density at radius 3 is 2.84 bits per heavy atom. The molecule has 25 heavy (non-hydrogen) atoms. The van der Waals surface area contributed by atoms with Crippen LogP contribution in [0.4, 0.5) is 5.69 Å². The second-order valence-electron chi connectivity index (χ2n) is 6.28. The summed E-state index contributed by atoms with van der Waals surface area (Å²) in [6.45, 7) is 4.02. The summed E-state index contributed by atoms with van der Waals surface area (Å²) in [5.41, 5.74) is 5.36. The van der Waals surface area contributed by atoms with Crippen LogP contribution in [0.15, 0.2) is 51.9 Å². The third-order valence-corrected chi connectivity index (χ3v) is 5.63. The summed E-state index contributed by atoms with van der Waals surface area (Å²) < 4.78 is 5.56. The van der Waals surface area contributed by atoms with Gasteiger partial charge in [0.05, 0.1) is 0 Å². The zero-order chi connectivity index (χ0) is 17.6. The van der Waals surface area contributed by atoms with Gasteiger partial charge in [0.1, 0.15) is 0 Å². The lowest BCUT2D eigenvalue weighted by molar-refractivity contribution is 0.0983. The van der Waals surface area contributed by atoms with Gasteiger partial charge in [-0.3, -0.25) is 4.79 Å². The minimum Gasteiger partial charge on any atom is -0.355 e. The van der Waals surface area contributed by atoms with Gasteiger partial charge in [-0.05, 0) is 43.2 Å². The van der Waals surface area contributed by atoms with Gasteiger partial charge in [0.2, 0.25) is 0 Å². The average molecular weight is 350 g/mol. The minimum atomic E-state index is -0.140. The van der Waals surface area contributed by atoms with Gasteiger partial charge in [0.25, 0.3) is 5.91 Å². The van der Waals surface area contributed by atoms with E-state index in [1.807, 2.05) is 50.2 Å². The number of carbonyl (C=O) groups excluding carboxylic acids is 1. The van der Waals surface area contributed by atoms with E-state index in [0.29, 0.717) is 17.2 Å². The maximum absolute atomic E-state index is 13.0. The molecule has 0 radical (unpaired) electrons. The standard InChI is InChI=1S/C20H18N2O2S/c1-12-8-9-13(2)16(10-12)22(3)20(23)18-15-11-25-17-7-5-4-6-14(17)19(15)24-21-18/h4-10H,11H2,1-3H3. The number of carbonyl (C=O) groups is 1. The molecule has 1 aliphatic rings. The number of hydrogen-bond donors (Lipinski definition) is 0. The second-order valence-corrected chi connectivity index (χ2v) is 7.29. The highest BCUT2D eigenvalue weighted by Gasteiger charge is 2.30. The fraction of sp³-hybridized carbons (Fsp3) is 0.200. The smallest absolute Gasteiger partial charge is 0.280 e. The van der Waals surface area contributed by atoms with Crippen molar-refractivity contribution in [3.8, 4) is 11.3 Å². The molecule has 0 N–H and O–H groups in total. The number of nitrogens with zero attached hydrogens (tertiary/aromatic N) is 2. The third-order valence-electron chi connectivity index (χ3n) is 4.53. The molecule has 0 unspecified atom stereocenters. The summed E-state index contributed by atoms with van der Waals surface area (Å²) in [4.78, 5) is 15.9. The van der Waals surface area contributed by atoms with Crippen LogP contribution in [-0.4, -0.2) is 18.1 Å². The molecule has 0 fully saturated rings. The lowest BCUT2D eigenvalue weighted by Crippen LogP contribution is -2.28. The SMILES string of the molecule is Cc1ccc(C)c(N(C)C(=O)c2noc3c2CSc2ccccc2-3)c1. The van der Waals surface area contributed by atoms with Crippen molar-refractivity contribution in [2.45, 2.75) is 24.5 Å². The molecule has 2 aromatic carbocycles. The van der Waals surface area contributed by atoms with Crippen LogP contribution in [0.5, 0.6) is 0 Å². The lowest BCUT2D eigenvalue weighted by Gasteiger charge is -2.20. The summed E-state index contributed by atoms with van der Waals surface area (Å²) in [5.74, 6) is 1.27. The number of fused-ring (bicyclic) bond motifs is 3. The molecule has 1 aliphatic heterocycles. The fourth-order valence-electron chi connectivity index (χ4n) is 3.10. The van der Waals surface area contributed by atoms with Gasteiger partial charge in [-0.25, -0.2) is 0 Å². The molecule has 2 heterocycles. The summed E-state index contributed by atoms with van der Waals surface area (Å²) in [6, 6.07) is 14.1. The van der Waals surface area contributed by atoms with Gasteiger partial charge >= 0.3 is 0 Å². The highest BCUT2D eigenvalue weighted by molar-refractivity contribution is 7.98. The second kappa shape index (κ2) is 6.08. The number of anilines is 1. The van der Waals surface area contributed by atoms with Crippen LogP contribution in [0.3, 0.4) is 0 Å². The van der Waals surface area contributed by atoms with E-state index in [1.54, 1.807) is 23.7 Å².